The summed E-state index contributed by atoms with van der Waals surface area (Å²) in [6.45, 7) is 5.81. The number of aromatic nitrogens is 5. The molecule has 3 fully saturated rings. The van der Waals surface area contributed by atoms with Crippen LogP contribution in [-0.4, -0.2) is 98.1 Å². The van der Waals surface area contributed by atoms with Gasteiger partial charge in [0.05, 0.1) is 20.8 Å². The summed E-state index contributed by atoms with van der Waals surface area (Å²) >= 11 is 7.76. The van der Waals surface area contributed by atoms with Gasteiger partial charge in [-0.3, -0.25) is 4.90 Å². The number of nitrogens with zero attached hydrogens (tertiary/aromatic N) is 9. The van der Waals surface area contributed by atoms with E-state index in [-0.39, 0.29) is 78.2 Å². The van der Waals surface area contributed by atoms with Crippen molar-refractivity contribution in [3.8, 4) is 23.2 Å². The summed E-state index contributed by atoms with van der Waals surface area (Å²) in [5.74, 6) is -1.22. The van der Waals surface area contributed by atoms with Crippen LogP contribution in [0.1, 0.15) is 38.7 Å². The molecule has 3 aliphatic rings. The third kappa shape index (κ3) is 5.86. The smallest absolute Gasteiger partial charge is 0.346 e. The Morgan fingerprint density at radius 1 is 1.26 bits per heavy atom. The van der Waals surface area contributed by atoms with Crippen molar-refractivity contribution in [1.82, 2.24) is 34.5 Å². The van der Waals surface area contributed by atoms with Gasteiger partial charge in [-0.2, -0.15) is 29.3 Å². The van der Waals surface area contributed by atoms with Crippen LogP contribution in [0.3, 0.4) is 0 Å². The summed E-state index contributed by atoms with van der Waals surface area (Å²) in [4.78, 5) is 31.4. The Labute approximate surface area is 316 Å². The first-order chi connectivity index (χ1) is 25.8. The number of nitrogens with two attached hydrogens (primary N) is 1. The van der Waals surface area contributed by atoms with Crippen molar-refractivity contribution < 1.29 is 27.1 Å². The van der Waals surface area contributed by atoms with Gasteiger partial charge in [0, 0.05) is 61.4 Å². The summed E-state index contributed by atoms with van der Waals surface area (Å²) in [6, 6.07) is 5.19. The van der Waals surface area contributed by atoms with Crippen molar-refractivity contribution in [2.75, 3.05) is 50.5 Å². The maximum absolute atomic E-state index is 17.1. The predicted molar refractivity (Wildman–Crippen MR) is 196 cm³/mol. The monoisotopic (exact) mass is 782 g/mol. The summed E-state index contributed by atoms with van der Waals surface area (Å²) < 4.78 is 67.4. The van der Waals surface area contributed by atoms with Crippen LogP contribution in [0.25, 0.3) is 32.1 Å². The van der Waals surface area contributed by atoms with Gasteiger partial charge in [-0.1, -0.05) is 31.5 Å². The molecule has 0 spiro atoms. The number of nitriles is 1. The predicted octanol–water partition coefficient (Wildman–Crippen LogP) is 6.64. The molecule has 0 bridgehead atoms. The van der Waals surface area contributed by atoms with E-state index in [1.807, 2.05) is 24.8 Å². The Balaban J connectivity index is 1.20. The second kappa shape index (κ2) is 13.5. The fourth-order valence-corrected chi connectivity index (χ4v) is 9.94. The lowest BCUT2D eigenvalue weighted by atomic mass is 9.81. The summed E-state index contributed by atoms with van der Waals surface area (Å²) in [7, 11) is 1.78. The van der Waals surface area contributed by atoms with Crippen LogP contribution in [0.2, 0.25) is 5.02 Å². The molecule has 3 aliphatic heterocycles. The number of nitrogen functional groups attached to an aromatic ring is 1. The number of anilines is 2. The topological polar surface area (TPSA) is 142 Å². The van der Waals surface area contributed by atoms with Crippen LogP contribution in [0, 0.1) is 40.9 Å². The number of alkyl halides is 1. The molecule has 282 valence electrons. The van der Waals surface area contributed by atoms with Crippen LogP contribution in [-0.2, 0) is 0 Å². The van der Waals surface area contributed by atoms with Gasteiger partial charge < -0.3 is 20.3 Å². The highest BCUT2D eigenvalue weighted by Crippen LogP contribution is 2.46. The van der Waals surface area contributed by atoms with Crippen molar-refractivity contribution in [1.29, 1.82) is 5.26 Å². The first-order valence-electron chi connectivity index (χ1n) is 17.5. The molecule has 12 nitrogen and oxygen atoms in total. The van der Waals surface area contributed by atoms with Gasteiger partial charge in [-0.05, 0) is 43.0 Å². The average molecular weight is 783 g/mol. The fourth-order valence-electron chi connectivity index (χ4n) is 8.70. The minimum Gasteiger partial charge on any atom is -0.461 e. The molecule has 4 atom stereocenters. The molecule has 0 unspecified atom stereocenters. The standard InChI is InChI=1S/C36H35ClF4N10O2S/c1-17(2)29-18(13-50(29)35(52)51-16-44-33(41)47-51)12-48(3)32-21-9-23(37)26(20-5-6-24(39)30-25(20)22(11-42)31(43)54-30)27(40)28(21)45-34(46-32)53-15-36-7-4-8-49(36)14-19(38)10-36/h5-6,9,16-19,29H,4,7-8,10,12-15,43H2,1-3H3/t18-,19-,29-,36+/m1/s1. The van der Waals surface area contributed by atoms with E-state index in [0.29, 0.717) is 31.9 Å². The van der Waals surface area contributed by atoms with Crippen LogP contribution < -0.4 is 15.4 Å². The number of hydrogen-bond donors (Lipinski definition) is 1. The van der Waals surface area contributed by atoms with E-state index in [1.165, 1.54) is 18.2 Å². The number of halogens is 5. The third-order valence-electron chi connectivity index (χ3n) is 11.0. The Morgan fingerprint density at radius 2 is 2.06 bits per heavy atom. The van der Waals surface area contributed by atoms with E-state index in [4.69, 9.17) is 27.1 Å². The molecular weight excluding hydrogens is 748 g/mol. The van der Waals surface area contributed by atoms with E-state index < -0.39 is 35.5 Å². The minimum atomic E-state index is -1.00. The normalized spacial score (nSPS) is 22.6. The van der Waals surface area contributed by atoms with Crippen molar-refractivity contribution in [3.63, 3.8) is 0 Å². The Kier molecular flexibility index (Phi) is 9.05. The van der Waals surface area contributed by atoms with Crippen molar-refractivity contribution in [2.45, 2.75) is 50.9 Å². The number of benzene rings is 2. The molecule has 6 heterocycles. The quantitative estimate of drug-likeness (QED) is 0.170. The number of carbonyl (C=O) groups is 1. The van der Waals surface area contributed by atoms with Crippen LogP contribution in [0.5, 0.6) is 6.01 Å². The van der Waals surface area contributed by atoms with Crippen molar-refractivity contribution in [2.24, 2.45) is 11.8 Å². The number of fused-ring (bicyclic) bond motifs is 3. The third-order valence-corrected chi connectivity index (χ3v) is 12.3. The Hall–Kier alpha value is -4.79. The molecule has 3 aromatic heterocycles. The largest absolute Gasteiger partial charge is 0.461 e. The van der Waals surface area contributed by atoms with Crippen molar-refractivity contribution >= 4 is 60.8 Å². The highest BCUT2D eigenvalue weighted by molar-refractivity contribution is 7.23. The van der Waals surface area contributed by atoms with Gasteiger partial charge in [0.1, 0.15) is 47.3 Å². The first kappa shape index (κ1) is 36.2. The second-order valence-electron chi connectivity index (χ2n) is 14.7. The molecule has 0 saturated carbocycles. The summed E-state index contributed by atoms with van der Waals surface area (Å²) in [5.41, 5.74) is 5.50. The SMILES string of the molecule is CC(C)[C@@H]1[C@H](CN(C)c2nc(OC[C@@]34CCCN3C[C@H](F)C4)nc3c(F)c(-c4ccc(F)c5sc(N)c(C#N)c45)c(Cl)cc23)CN1C(=O)n1cnc(F)n1. The molecule has 0 radical (unpaired) electrons. The average Bonchev–Trinajstić information content (AvgIpc) is 3.87. The summed E-state index contributed by atoms with van der Waals surface area (Å²) in [5, 5.41) is 13.9. The molecule has 0 aliphatic carbocycles. The molecule has 1 amide bonds. The second-order valence-corrected chi connectivity index (χ2v) is 16.1. The molecule has 18 heteroatoms. The highest BCUT2D eigenvalue weighted by Gasteiger charge is 2.50. The Bertz CT molecular complexity index is 2370. The zero-order valence-electron chi connectivity index (χ0n) is 29.5. The maximum atomic E-state index is 17.1. The number of thiophene rings is 1. The maximum Gasteiger partial charge on any atom is 0.346 e. The van der Waals surface area contributed by atoms with Gasteiger partial charge in [0.2, 0.25) is 0 Å². The number of ether oxygens (including phenoxy) is 1. The zero-order chi connectivity index (χ0) is 38.2. The molecular formula is C36H35ClF4N10O2S. The lowest BCUT2D eigenvalue weighted by Gasteiger charge is -2.51. The molecule has 2 aromatic carbocycles. The lowest BCUT2D eigenvalue weighted by molar-refractivity contribution is 0.0240. The molecule has 54 heavy (non-hydrogen) atoms. The van der Waals surface area contributed by atoms with E-state index in [1.54, 1.807) is 11.9 Å². The van der Waals surface area contributed by atoms with E-state index in [0.717, 1.165) is 41.7 Å². The van der Waals surface area contributed by atoms with Crippen molar-refractivity contribution in [3.05, 3.63) is 52.8 Å². The van der Waals surface area contributed by atoms with E-state index in [2.05, 4.69) is 20.0 Å². The van der Waals surface area contributed by atoms with Crippen LogP contribution >= 0.6 is 22.9 Å². The van der Waals surface area contributed by atoms with Crippen LogP contribution in [0.15, 0.2) is 24.5 Å². The minimum absolute atomic E-state index is 0.0111. The molecule has 8 rings (SSSR count). The van der Waals surface area contributed by atoms with Gasteiger partial charge in [-0.25, -0.2) is 18.0 Å². The number of hydrogen-bond acceptors (Lipinski definition) is 11. The number of carbonyl (C=O) groups excluding carboxylic acids is 1. The Morgan fingerprint density at radius 3 is 2.78 bits per heavy atom. The highest BCUT2D eigenvalue weighted by atomic mass is 35.5. The van der Waals surface area contributed by atoms with Gasteiger partial charge in [0.25, 0.3) is 0 Å². The number of amides is 1. The lowest BCUT2D eigenvalue weighted by Crippen LogP contribution is -2.64. The summed E-state index contributed by atoms with van der Waals surface area (Å²) in [6.07, 6.45) is 0.982. The zero-order valence-corrected chi connectivity index (χ0v) is 31.1. The van der Waals surface area contributed by atoms with Gasteiger partial charge in [0.15, 0.2) is 5.82 Å². The van der Waals surface area contributed by atoms with Gasteiger partial charge in [-0.15, -0.1) is 16.4 Å². The van der Waals surface area contributed by atoms with Crippen LogP contribution in [0.4, 0.5) is 33.2 Å². The number of likely N-dealkylation sites (tertiary alicyclic amines) is 1. The van der Waals surface area contributed by atoms with E-state index in [9.17, 15) is 23.2 Å². The first-order valence-corrected chi connectivity index (χ1v) is 18.7. The molecule has 2 N–H and O–H groups in total. The van der Waals surface area contributed by atoms with Gasteiger partial charge >= 0.3 is 18.1 Å². The molecule has 5 aromatic rings. The fraction of sp³-hybridized carbons (Fsp3) is 0.444. The van der Waals surface area contributed by atoms with E-state index >= 15 is 4.39 Å². The number of rotatable bonds is 8. The molecule has 3 saturated heterocycles.